The maximum atomic E-state index is 12.5. The molecule has 1 aliphatic heterocycles. The first-order chi connectivity index (χ1) is 12.1. The molecule has 2 aliphatic rings. The van der Waals surface area contributed by atoms with Crippen LogP contribution in [0.15, 0.2) is 15.3 Å². The van der Waals surface area contributed by atoms with Crippen molar-refractivity contribution in [3.05, 3.63) is 29.6 Å². The molecule has 0 N–H and O–H groups in total. The summed E-state index contributed by atoms with van der Waals surface area (Å²) in [6, 6.07) is 0. The normalized spacial score (nSPS) is 22.2. The fraction of sp³-hybridized carbons (Fsp3) is 0.647. The largest absolute Gasteiger partial charge is 0.438 e. The second kappa shape index (κ2) is 6.25. The summed E-state index contributed by atoms with van der Waals surface area (Å²) in [6.45, 7) is 5.38. The van der Waals surface area contributed by atoms with E-state index in [4.69, 9.17) is 13.7 Å². The molecule has 8 nitrogen and oxygen atoms in total. The van der Waals surface area contributed by atoms with E-state index in [9.17, 15) is 4.79 Å². The van der Waals surface area contributed by atoms with Gasteiger partial charge in [-0.2, -0.15) is 4.98 Å². The van der Waals surface area contributed by atoms with Crippen LogP contribution in [0.5, 0.6) is 0 Å². The number of carbonyl (C=O) groups excluding carboxylic acids is 1. The van der Waals surface area contributed by atoms with Crippen LogP contribution in [-0.2, 0) is 11.3 Å². The summed E-state index contributed by atoms with van der Waals surface area (Å²) in [5.74, 6) is 1.43. The van der Waals surface area contributed by atoms with Gasteiger partial charge in [-0.1, -0.05) is 5.16 Å². The van der Waals surface area contributed by atoms with E-state index >= 15 is 0 Å². The van der Waals surface area contributed by atoms with Crippen LogP contribution in [0, 0.1) is 19.3 Å². The number of amides is 1. The van der Waals surface area contributed by atoms with E-state index in [-0.39, 0.29) is 17.4 Å². The van der Waals surface area contributed by atoms with Crippen LogP contribution >= 0.6 is 0 Å². The van der Waals surface area contributed by atoms with Crippen molar-refractivity contribution < 1.29 is 18.5 Å². The summed E-state index contributed by atoms with van der Waals surface area (Å²) in [5.41, 5.74) is 0.812. The second-order valence-corrected chi connectivity index (χ2v) is 7.00. The van der Waals surface area contributed by atoms with Crippen molar-refractivity contribution in [2.75, 3.05) is 13.1 Å². The summed E-state index contributed by atoms with van der Waals surface area (Å²) in [6.07, 6.45) is 5.60. The number of aryl methyl sites for hydroxylation is 2. The predicted octanol–water partition coefficient (Wildman–Crippen LogP) is 2.28. The standard InChI is InChI=1S/C17H22N4O4/c1-11-15(24-10-18-11)16(22)21-7-5-17(6-8-21)4-3-13(17)23-9-14-19-12(2)20-25-14/h10,13H,3-9H2,1-2H3. The van der Waals surface area contributed by atoms with E-state index in [1.165, 1.54) is 6.39 Å². The third-order valence-electron chi connectivity index (χ3n) is 5.55. The molecule has 2 aromatic rings. The molecule has 4 rings (SSSR count). The third kappa shape index (κ3) is 2.95. The summed E-state index contributed by atoms with van der Waals surface area (Å²) in [7, 11) is 0. The lowest BCUT2D eigenvalue weighted by Gasteiger charge is -2.53. The van der Waals surface area contributed by atoms with Crippen LogP contribution in [0.2, 0.25) is 0 Å². The lowest BCUT2D eigenvalue weighted by Crippen LogP contribution is -2.54. The Balaban J connectivity index is 1.33. The molecule has 1 spiro atoms. The zero-order valence-corrected chi connectivity index (χ0v) is 14.5. The highest BCUT2D eigenvalue weighted by molar-refractivity contribution is 5.92. The van der Waals surface area contributed by atoms with E-state index in [2.05, 4.69) is 15.1 Å². The van der Waals surface area contributed by atoms with Crippen LogP contribution in [0.3, 0.4) is 0 Å². The first-order valence-corrected chi connectivity index (χ1v) is 8.67. The van der Waals surface area contributed by atoms with E-state index < -0.39 is 0 Å². The summed E-state index contributed by atoms with van der Waals surface area (Å²) >= 11 is 0. The minimum Gasteiger partial charge on any atom is -0.438 e. The molecule has 0 bridgehead atoms. The van der Waals surface area contributed by atoms with E-state index in [1.54, 1.807) is 13.8 Å². The summed E-state index contributed by atoms with van der Waals surface area (Å²) in [4.78, 5) is 22.6. The van der Waals surface area contributed by atoms with Crippen molar-refractivity contribution in [2.45, 2.75) is 52.2 Å². The third-order valence-corrected chi connectivity index (χ3v) is 5.55. The molecular weight excluding hydrogens is 324 g/mol. The average Bonchev–Trinajstić information content (AvgIpc) is 3.22. The Morgan fingerprint density at radius 1 is 1.36 bits per heavy atom. The Morgan fingerprint density at radius 2 is 2.16 bits per heavy atom. The van der Waals surface area contributed by atoms with E-state index in [0.29, 0.717) is 29.8 Å². The van der Waals surface area contributed by atoms with Gasteiger partial charge in [0.1, 0.15) is 6.61 Å². The van der Waals surface area contributed by atoms with Crippen molar-refractivity contribution in [1.29, 1.82) is 0 Å². The number of carbonyl (C=O) groups is 1. The molecule has 25 heavy (non-hydrogen) atoms. The van der Waals surface area contributed by atoms with Crippen LogP contribution < -0.4 is 0 Å². The molecule has 1 saturated carbocycles. The predicted molar refractivity (Wildman–Crippen MR) is 85.7 cm³/mol. The van der Waals surface area contributed by atoms with Crippen molar-refractivity contribution in [3.8, 4) is 0 Å². The quantitative estimate of drug-likeness (QED) is 0.838. The number of nitrogens with zero attached hydrogens (tertiary/aromatic N) is 4. The van der Waals surface area contributed by atoms with Gasteiger partial charge in [-0.25, -0.2) is 4.98 Å². The number of rotatable bonds is 4. The molecule has 1 amide bonds. The average molecular weight is 346 g/mol. The molecule has 3 heterocycles. The van der Waals surface area contributed by atoms with Gasteiger partial charge in [0.15, 0.2) is 12.2 Å². The topological polar surface area (TPSA) is 94.5 Å². The fourth-order valence-electron chi connectivity index (χ4n) is 3.88. The fourth-order valence-corrected chi connectivity index (χ4v) is 3.88. The number of hydrogen-bond acceptors (Lipinski definition) is 7. The smallest absolute Gasteiger partial charge is 0.291 e. The first-order valence-electron chi connectivity index (χ1n) is 8.67. The molecular formula is C17H22N4O4. The lowest BCUT2D eigenvalue weighted by molar-refractivity contribution is -0.144. The van der Waals surface area contributed by atoms with Crippen molar-refractivity contribution in [3.63, 3.8) is 0 Å². The minimum absolute atomic E-state index is 0.0667. The Morgan fingerprint density at radius 3 is 2.72 bits per heavy atom. The van der Waals surface area contributed by atoms with Crippen molar-refractivity contribution in [2.24, 2.45) is 5.41 Å². The molecule has 1 unspecified atom stereocenters. The molecule has 1 atom stereocenters. The molecule has 1 saturated heterocycles. The molecule has 0 radical (unpaired) electrons. The summed E-state index contributed by atoms with van der Waals surface area (Å²) < 4.78 is 16.4. The van der Waals surface area contributed by atoms with Gasteiger partial charge < -0.3 is 18.6 Å². The number of likely N-dealkylation sites (tertiary alicyclic amines) is 1. The first kappa shape index (κ1) is 16.3. The molecule has 2 fully saturated rings. The Labute approximate surface area is 145 Å². The molecule has 1 aliphatic carbocycles. The van der Waals surface area contributed by atoms with Crippen LogP contribution in [0.4, 0.5) is 0 Å². The zero-order chi connectivity index (χ0) is 17.4. The second-order valence-electron chi connectivity index (χ2n) is 7.00. The van der Waals surface area contributed by atoms with Crippen LogP contribution in [0.25, 0.3) is 0 Å². The monoisotopic (exact) mass is 346 g/mol. The Bertz CT molecular complexity index is 760. The number of ether oxygens (including phenoxy) is 1. The molecule has 134 valence electrons. The zero-order valence-electron chi connectivity index (χ0n) is 14.5. The maximum Gasteiger partial charge on any atom is 0.291 e. The maximum absolute atomic E-state index is 12.5. The van der Waals surface area contributed by atoms with Crippen molar-refractivity contribution >= 4 is 5.91 Å². The Hall–Kier alpha value is -2.22. The lowest BCUT2D eigenvalue weighted by atomic mass is 9.60. The van der Waals surface area contributed by atoms with Gasteiger partial charge >= 0.3 is 0 Å². The minimum atomic E-state index is -0.0667. The number of oxazole rings is 1. The van der Waals surface area contributed by atoms with Crippen molar-refractivity contribution in [1.82, 2.24) is 20.0 Å². The number of aromatic nitrogens is 3. The molecule has 2 aromatic heterocycles. The highest BCUT2D eigenvalue weighted by Gasteiger charge is 2.49. The van der Waals surface area contributed by atoms with Gasteiger partial charge in [0, 0.05) is 18.5 Å². The number of piperidine rings is 1. The summed E-state index contributed by atoms with van der Waals surface area (Å²) in [5, 5.41) is 3.78. The van der Waals surface area contributed by atoms with Gasteiger partial charge in [0.2, 0.25) is 5.76 Å². The van der Waals surface area contributed by atoms with Gasteiger partial charge in [-0.05, 0) is 39.5 Å². The van der Waals surface area contributed by atoms with Crippen LogP contribution in [-0.4, -0.2) is 45.1 Å². The molecule has 0 aromatic carbocycles. The highest BCUT2D eigenvalue weighted by atomic mass is 16.5. The number of hydrogen-bond donors (Lipinski definition) is 0. The van der Waals surface area contributed by atoms with Gasteiger partial charge in [0.25, 0.3) is 11.8 Å². The van der Waals surface area contributed by atoms with Gasteiger partial charge in [0.05, 0.1) is 11.8 Å². The highest BCUT2D eigenvalue weighted by Crippen LogP contribution is 2.51. The van der Waals surface area contributed by atoms with Crippen LogP contribution in [0.1, 0.15) is 53.6 Å². The SMILES string of the molecule is Cc1noc(COC2CCC23CCN(C(=O)c2ocnc2C)CC3)n1. The Kier molecular flexibility index (Phi) is 4.07. The van der Waals surface area contributed by atoms with Gasteiger partial charge in [-0.15, -0.1) is 0 Å². The van der Waals surface area contributed by atoms with E-state index in [1.807, 2.05) is 4.90 Å². The van der Waals surface area contributed by atoms with E-state index in [0.717, 1.165) is 38.8 Å². The molecule has 8 heteroatoms. The van der Waals surface area contributed by atoms with Gasteiger partial charge in [-0.3, -0.25) is 4.79 Å².